The quantitative estimate of drug-likeness (QED) is 0.323. The van der Waals surface area contributed by atoms with Crippen molar-refractivity contribution in [3.63, 3.8) is 0 Å². The van der Waals surface area contributed by atoms with Crippen molar-refractivity contribution in [1.29, 1.82) is 0 Å². The van der Waals surface area contributed by atoms with Crippen LogP contribution >= 0.6 is 11.6 Å². The summed E-state index contributed by atoms with van der Waals surface area (Å²) in [6, 6.07) is 23.0. The topological polar surface area (TPSA) is 65.4 Å². The third kappa shape index (κ3) is 5.88. The highest BCUT2D eigenvalue weighted by Gasteiger charge is 2.13. The summed E-state index contributed by atoms with van der Waals surface area (Å²) in [6.07, 6.45) is 0. The van der Waals surface area contributed by atoms with E-state index in [0.717, 1.165) is 22.6 Å². The zero-order valence-corrected chi connectivity index (χ0v) is 20.1. The van der Waals surface area contributed by atoms with Crippen molar-refractivity contribution in [3.8, 4) is 11.5 Å². The molecule has 7 heteroatoms. The Morgan fingerprint density at radius 3 is 2.53 bits per heavy atom. The van der Waals surface area contributed by atoms with E-state index in [-0.39, 0.29) is 12.5 Å². The van der Waals surface area contributed by atoms with Crippen LogP contribution in [0.4, 0.5) is 0 Å². The van der Waals surface area contributed by atoms with E-state index in [0.29, 0.717) is 36.4 Å². The fourth-order valence-corrected chi connectivity index (χ4v) is 3.88. The first kappa shape index (κ1) is 23.6. The molecule has 0 unspecified atom stereocenters. The van der Waals surface area contributed by atoms with Gasteiger partial charge in [-0.05, 0) is 53.9 Å². The molecule has 4 aromatic rings. The molecule has 0 aliphatic carbocycles. The van der Waals surface area contributed by atoms with Crippen LogP contribution in [-0.4, -0.2) is 28.7 Å². The fraction of sp³-hybridized carbons (Fsp3) is 0.259. The number of aromatic nitrogens is 2. The van der Waals surface area contributed by atoms with E-state index in [1.807, 2.05) is 42.5 Å². The Labute approximate surface area is 204 Å². The number of nitrogens with one attached hydrogen (secondary N) is 1. The van der Waals surface area contributed by atoms with Crippen LogP contribution in [-0.2, 0) is 17.9 Å². The van der Waals surface area contributed by atoms with Gasteiger partial charge in [0.05, 0.1) is 24.1 Å². The Morgan fingerprint density at radius 1 is 1.00 bits per heavy atom. The zero-order valence-electron chi connectivity index (χ0n) is 19.3. The van der Waals surface area contributed by atoms with Crippen molar-refractivity contribution in [2.45, 2.75) is 32.9 Å². The van der Waals surface area contributed by atoms with Crippen molar-refractivity contribution in [1.82, 2.24) is 14.9 Å². The Bertz CT molecular complexity index is 1250. The summed E-state index contributed by atoms with van der Waals surface area (Å²) in [6.45, 7) is 5.62. The third-order valence-electron chi connectivity index (χ3n) is 5.47. The average molecular weight is 478 g/mol. The number of rotatable bonds is 10. The first-order valence-electron chi connectivity index (χ1n) is 11.3. The van der Waals surface area contributed by atoms with E-state index in [2.05, 4.69) is 29.8 Å². The van der Waals surface area contributed by atoms with Gasteiger partial charge in [0.25, 0.3) is 5.91 Å². The van der Waals surface area contributed by atoms with Crippen molar-refractivity contribution in [3.05, 3.63) is 89.2 Å². The van der Waals surface area contributed by atoms with Crippen molar-refractivity contribution >= 4 is 28.5 Å². The highest BCUT2D eigenvalue weighted by Crippen LogP contribution is 2.26. The van der Waals surface area contributed by atoms with E-state index in [9.17, 15) is 4.79 Å². The molecular weight excluding hydrogens is 450 g/mol. The van der Waals surface area contributed by atoms with Crippen LogP contribution in [0.1, 0.15) is 31.2 Å². The summed E-state index contributed by atoms with van der Waals surface area (Å²) in [4.78, 5) is 17.1. The number of hydrogen-bond acceptors (Lipinski definition) is 4. The van der Waals surface area contributed by atoms with Crippen LogP contribution in [0.5, 0.6) is 11.5 Å². The summed E-state index contributed by atoms with van der Waals surface area (Å²) in [5.74, 6) is 2.41. The van der Waals surface area contributed by atoms with E-state index in [1.54, 1.807) is 24.3 Å². The number of benzene rings is 3. The van der Waals surface area contributed by atoms with Gasteiger partial charge in [0, 0.05) is 5.02 Å². The minimum absolute atomic E-state index is 0.0864. The summed E-state index contributed by atoms with van der Waals surface area (Å²) in [7, 11) is 0. The molecule has 34 heavy (non-hydrogen) atoms. The van der Waals surface area contributed by atoms with Crippen LogP contribution in [0.3, 0.4) is 0 Å². The standard InChI is InChI=1S/C27H28ClN3O3/c1-19(2)22-7-3-6-10-25(22)33-16-15-31-24-9-5-4-8-23(24)30-26(31)17-29-27(32)18-34-21-13-11-20(28)12-14-21/h3-14,19H,15-18H2,1-2H3,(H,29,32). The Kier molecular flexibility index (Phi) is 7.70. The summed E-state index contributed by atoms with van der Waals surface area (Å²) >= 11 is 5.88. The number of carbonyl (C=O) groups excluding carboxylic acids is 1. The first-order valence-corrected chi connectivity index (χ1v) is 11.7. The number of nitrogens with zero attached hydrogens (tertiary/aromatic N) is 2. The molecular formula is C27H28ClN3O3. The third-order valence-corrected chi connectivity index (χ3v) is 5.73. The van der Waals surface area contributed by atoms with Crippen molar-refractivity contribution in [2.24, 2.45) is 0 Å². The average Bonchev–Trinajstić information content (AvgIpc) is 3.20. The van der Waals surface area contributed by atoms with Crippen LogP contribution in [0.25, 0.3) is 11.0 Å². The molecule has 1 heterocycles. The summed E-state index contributed by atoms with van der Waals surface area (Å²) < 4.78 is 13.7. The van der Waals surface area contributed by atoms with Gasteiger partial charge < -0.3 is 19.4 Å². The number of ether oxygens (including phenoxy) is 2. The molecule has 0 aliphatic heterocycles. The second kappa shape index (κ2) is 11.1. The Hall–Kier alpha value is -3.51. The van der Waals surface area contributed by atoms with Crippen LogP contribution in [0, 0.1) is 0 Å². The van der Waals surface area contributed by atoms with Gasteiger partial charge in [-0.3, -0.25) is 4.79 Å². The number of halogens is 1. The Balaban J connectivity index is 1.40. The predicted molar refractivity (Wildman–Crippen MR) is 135 cm³/mol. The van der Waals surface area contributed by atoms with Gasteiger partial charge in [-0.15, -0.1) is 0 Å². The molecule has 0 saturated carbocycles. The van der Waals surface area contributed by atoms with Gasteiger partial charge >= 0.3 is 0 Å². The van der Waals surface area contributed by atoms with E-state index < -0.39 is 0 Å². The highest BCUT2D eigenvalue weighted by atomic mass is 35.5. The van der Waals surface area contributed by atoms with Crippen LogP contribution in [0.15, 0.2) is 72.8 Å². The van der Waals surface area contributed by atoms with Gasteiger partial charge in [0.2, 0.25) is 0 Å². The molecule has 176 valence electrons. The molecule has 1 amide bonds. The lowest BCUT2D eigenvalue weighted by atomic mass is 10.0. The lowest BCUT2D eigenvalue weighted by Gasteiger charge is -2.15. The molecule has 0 radical (unpaired) electrons. The maximum absolute atomic E-state index is 12.4. The van der Waals surface area contributed by atoms with Crippen LogP contribution in [0.2, 0.25) is 5.02 Å². The molecule has 0 atom stereocenters. The fourth-order valence-electron chi connectivity index (χ4n) is 3.75. The van der Waals surface area contributed by atoms with Crippen molar-refractivity contribution in [2.75, 3.05) is 13.2 Å². The lowest BCUT2D eigenvalue weighted by molar-refractivity contribution is -0.123. The maximum atomic E-state index is 12.4. The summed E-state index contributed by atoms with van der Waals surface area (Å²) in [5.41, 5.74) is 3.07. The first-order chi connectivity index (χ1) is 16.5. The van der Waals surface area contributed by atoms with Gasteiger partial charge in [0.1, 0.15) is 23.9 Å². The number of fused-ring (bicyclic) bond motifs is 1. The number of amides is 1. The SMILES string of the molecule is CC(C)c1ccccc1OCCn1c(CNC(=O)COc2ccc(Cl)cc2)nc2ccccc21. The molecule has 1 N–H and O–H groups in total. The lowest BCUT2D eigenvalue weighted by Crippen LogP contribution is -2.29. The highest BCUT2D eigenvalue weighted by molar-refractivity contribution is 6.30. The number of carbonyl (C=O) groups is 1. The van der Waals surface area contributed by atoms with Gasteiger partial charge in [-0.1, -0.05) is 55.8 Å². The van der Waals surface area contributed by atoms with Crippen LogP contribution < -0.4 is 14.8 Å². The normalized spacial score (nSPS) is 11.1. The minimum atomic E-state index is -0.226. The second-order valence-corrected chi connectivity index (χ2v) is 8.67. The zero-order chi connectivity index (χ0) is 23.9. The molecule has 4 rings (SSSR count). The van der Waals surface area contributed by atoms with Gasteiger partial charge in [-0.25, -0.2) is 4.98 Å². The maximum Gasteiger partial charge on any atom is 0.258 e. The monoisotopic (exact) mass is 477 g/mol. The molecule has 0 bridgehead atoms. The Morgan fingerprint density at radius 2 is 1.74 bits per heavy atom. The number of hydrogen-bond donors (Lipinski definition) is 1. The van der Waals surface area contributed by atoms with E-state index >= 15 is 0 Å². The van der Waals surface area contributed by atoms with E-state index in [4.69, 9.17) is 26.1 Å². The van der Waals surface area contributed by atoms with Gasteiger partial charge in [-0.2, -0.15) is 0 Å². The molecule has 1 aromatic heterocycles. The number of imidazole rings is 1. The molecule has 6 nitrogen and oxygen atoms in total. The molecule has 0 fully saturated rings. The smallest absolute Gasteiger partial charge is 0.258 e. The minimum Gasteiger partial charge on any atom is -0.491 e. The van der Waals surface area contributed by atoms with Gasteiger partial charge in [0.15, 0.2) is 6.61 Å². The predicted octanol–water partition coefficient (Wildman–Crippen LogP) is 5.59. The molecule has 0 aliphatic rings. The molecule has 3 aromatic carbocycles. The second-order valence-electron chi connectivity index (χ2n) is 8.23. The number of para-hydroxylation sites is 3. The largest absolute Gasteiger partial charge is 0.491 e. The molecule has 0 spiro atoms. The molecule has 0 saturated heterocycles. The summed E-state index contributed by atoms with van der Waals surface area (Å²) in [5, 5.41) is 3.52. The van der Waals surface area contributed by atoms with Crippen molar-refractivity contribution < 1.29 is 14.3 Å². The van der Waals surface area contributed by atoms with E-state index in [1.165, 1.54) is 5.56 Å².